The van der Waals surface area contributed by atoms with Crippen LogP contribution in [0.25, 0.3) is 0 Å². The zero-order valence-corrected chi connectivity index (χ0v) is 12.8. The van der Waals surface area contributed by atoms with Crippen LogP contribution >= 0.6 is 11.3 Å². The Balaban J connectivity index is 1.56. The van der Waals surface area contributed by atoms with Crippen LogP contribution in [0.1, 0.15) is 25.6 Å². The van der Waals surface area contributed by atoms with Gasteiger partial charge in [-0.25, -0.2) is 10.4 Å². The molecule has 2 heterocycles. The van der Waals surface area contributed by atoms with E-state index in [1.165, 1.54) is 28.8 Å². The molecule has 0 fully saturated rings. The molecule has 2 aromatic heterocycles. The third-order valence-corrected chi connectivity index (χ3v) is 3.92. The summed E-state index contributed by atoms with van der Waals surface area (Å²) in [6.07, 6.45) is 2.73. The second-order valence-corrected chi connectivity index (χ2v) is 5.59. The highest BCUT2D eigenvalue weighted by Crippen LogP contribution is 2.09. The molecule has 3 aromatic rings. The van der Waals surface area contributed by atoms with Crippen molar-refractivity contribution in [2.45, 2.75) is 6.54 Å². The van der Waals surface area contributed by atoms with E-state index in [4.69, 9.17) is 0 Å². The first kappa shape index (κ1) is 14.9. The summed E-state index contributed by atoms with van der Waals surface area (Å²) in [5, 5.41) is 8.49. The minimum absolute atomic E-state index is 0.104. The maximum absolute atomic E-state index is 12.0. The van der Waals surface area contributed by atoms with Gasteiger partial charge in [0.05, 0.1) is 4.88 Å². The number of nitrogens with one attached hydrogen (secondary N) is 2. The molecule has 8 heteroatoms. The van der Waals surface area contributed by atoms with Crippen LogP contribution < -0.4 is 10.7 Å². The van der Waals surface area contributed by atoms with Gasteiger partial charge in [0.25, 0.3) is 11.8 Å². The lowest BCUT2D eigenvalue weighted by Crippen LogP contribution is -2.23. The molecule has 0 aliphatic carbocycles. The van der Waals surface area contributed by atoms with E-state index >= 15 is 0 Å². The van der Waals surface area contributed by atoms with Crippen molar-refractivity contribution in [3.8, 4) is 0 Å². The van der Waals surface area contributed by atoms with Crippen molar-refractivity contribution in [2.24, 2.45) is 0 Å². The van der Waals surface area contributed by atoms with Crippen molar-refractivity contribution >= 4 is 23.2 Å². The molecule has 0 bridgehead atoms. The number of hydrogen-bond donors (Lipinski definition) is 2. The van der Waals surface area contributed by atoms with Gasteiger partial charge >= 0.3 is 0 Å². The van der Waals surface area contributed by atoms with E-state index < -0.39 is 0 Å². The summed E-state index contributed by atoms with van der Waals surface area (Å²) in [4.78, 5) is 29.5. The van der Waals surface area contributed by atoms with E-state index in [1.54, 1.807) is 30.3 Å². The van der Waals surface area contributed by atoms with Crippen LogP contribution in [0.5, 0.6) is 0 Å². The summed E-state index contributed by atoms with van der Waals surface area (Å²) in [6.45, 7) is 0.404. The Morgan fingerprint density at radius 3 is 2.61 bits per heavy atom. The average molecular weight is 327 g/mol. The van der Waals surface area contributed by atoms with Gasteiger partial charge < -0.3 is 5.32 Å². The highest BCUT2D eigenvalue weighted by Gasteiger charge is 2.08. The van der Waals surface area contributed by atoms with Crippen LogP contribution in [0.4, 0.5) is 0 Å². The van der Waals surface area contributed by atoms with Crippen molar-refractivity contribution in [1.29, 1.82) is 0 Å². The fourth-order valence-corrected chi connectivity index (χ4v) is 2.53. The molecule has 23 heavy (non-hydrogen) atoms. The highest BCUT2D eigenvalue weighted by molar-refractivity contribution is 7.12. The molecule has 0 spiro atoms. The third-order valence-electron chi connectivity index (χ3n) is 3.05. The lowest BCUT2D eigenvalue weighted by Gasteiger charge is -2.06. The van der Waals surface area contributed by atoms with Crippen LogP contribution in [0.2, 0.25) is 0 Å². The van der Waals surface area contributed by atoms with Crippen molar-refractivity contribution in [1.82, 2.24) is 20.2 Å². The Morgan fingerprint density at radius 2 is 1.96 bits per heavy atom. The summed E-state index contributed by atoms with van der Waals surface area (Å²) in [6, 6.07) is 10.6. The fourth-order valence-electron chi connectivity index (χ4n) is 1.89. The second-order valence-electron chi connectivity index (χ2n) is 4.64. The quantitative estimate of drug-likeness (QED) is 0.746. The Labute approximate surface area is 136 Å². The summed E-state index contributed by atoms with van der Waals surface area (Å²) >= 11 is 1.40. The van der Waals surface area contributed by atoms with Gasteiger partial charge in [0.2, 0.25) is 0 Å². The standard InChI is InChI=1S/C15H13N5O2S/c21-14(19-20-10-16-9-18-20)12-5-3-11(4-6-12)8-17-15(22)13-2-1-7-23-13/h1-7,9-10H,8H2,(H,17,22)(H,19,21). The van der Waals surface area contributed by atoms with E-state index in [-0.39, 0.29) is 11.8 Å². The minimum atomic E-state index is -0.287. The molecule has 0 aliphatic rings. The monoisotopic (exact) mass is 327 g/mol. The molecule has 1 aromatic carbocycles. The zero-order chi connectivity index (χ0) is 16.1. The van der Waals surface area contributed by atoms with Gasteiger partial charge in [-0.15, -0.1) is 16.4 Å². The first-order chi connectivity index (χ1) is 11.2. The Kier molecular flexibility index (Phi) is 4.44. The van der Waals surface area contributed by atoms with Crippen LogP contribution in [-0.4, -0.2) is 26.7 Å². The van der Waals surface area contributed by atoms with Gasteiger partial charge in [-0.05, 0) is 29.1 Å². The van der Waals surface area contributed by atoms with Crippen LogP contribution in [0, 0.1) is 0 Å². The topological polar surface area (TPSA) is 88.9 Å². The molecule has 0 saturated heterocycles. The van der Waals surface area contributed by atoms with Crippen LogP contribution in [0.15, 0.2) is 54.4 Å². The minimum Gasteiger partial charge on any atom is -0.347 e. The SMILES string of the molecule is O=C(Nn1cncn1)c1ccc(CNC(=O)c2cccs2)cc1. The van der Waals surface area contributed by atoms with E-state index in [2.05, 4.69) is 20.8 Å². The first-order valence-corrected chi connectivity index (χ1v) is 7.67. The number of aromatic nitrogens is 3. The van der Waals surface area contributed by atoms with Crippen LogP contribution in [-0.2, 0) is 6.54 Å². The summed E-state index contributed by atoms with van der Waals surface area (Å²) in [5.41, 5.74) is 3.97. The molecular weight excluding hydrogens is 314 g/mol. The maximum Gasteiger partial charge on any atom is 0.271 e. The maximum atomic E-state index is 12.0. The normalized spacial score (nSPS) is 10.3. The van der Waals surface area contributed by atoms with E-state index in [0.29, 0.717) is 17.0 Å². The summed E-state index contributed by atoms with van der Waals surface area (Å²) < 4.78 is 0. The summed E-state index contributed by atoms with van der Waals surface area (Å²) in [7, 11) is 0. The lowest BCUT2D eigenvalue weighted by atomic mass is 10.1. The molecule has 3 rings (SSSR count). The number of benzene rings is 1. The van der Waals surface area contributed by atoms with Crippen molar-refractivity contribution < 1.29 is 9.59 Å². The molecule has 0 atom stereocenters. The van der Waals surface area contributed by atoms with Crippen molar-refractivity contribution in [2.75, 3.05) is 5.43 Å². The number of rotatable bonds is 5. The molecule has 0 unspecified atom stereocenters. The van der Waals surface area contributed by atoms with E-state index in [9.17, 15) is 9.59 Å². The smallest absolute Gasteiger partial charge is 0.271 e. The number of carbonyl (C=O) groups excluding carboxylic acids is 2. The van der Waals surface area contributed by atoms with E-state index in [0.717, 1.165) is 5.56 Å². The molecule has 2 N–H and O–H groups in total. The largest absolute Gasteiger partial charge is 0.347 e. The highest BCUT2D eigenvalue weighted by atomic mass is 32.1. The molecule has 0 radical (unpaired) electrons. The molecular formula is C15H13N5O2S. The summed E-state index contributed by atoms with van der Waals surface area (Å²) in [5.74, 6) is -0.391. The van der Waals surface area contributed by atoms with Crippen molar-refractivity contribution in [3.63, 3.8) is 0 Å². The van der Waals surface area contributed by atoms with Crippen LogP contribution in [0.3, 0.4) is 0 Å². The van der Waals surface area contributed by atoms with Gasteiger partial charge in [-0.1, -0.05) is 18.2 Å². The Hall–Kier alpha value is -3.00. The van der Waals surface area contributed by atoms with Crippen molar-refractivity contribution in [3.05, 3.63) is 70.4 Å². The molecule has 2 amide bonds. The lowest BCUT2D eigenvalue weighted by molar-refractivity contribution is 0.0953. The van der Waals surface area contributed by atoms with E-state index in [1.807, 2.05) is 11.4 Å². The molecule has 0 saturated carbocycles. The fraction of sp³-hybridized carbons (Fsp3) is 0.0667. The van der Waals surface area contributed by atoms with Gasteiger partial charge in [0.1, 0.15) is 12.7 Å². The molecule has 116 valence electrons. The number of thiophene rings is 1. The van der Waals surface area contributed by atoms with Gasteiger partial charge in [-0.2, -0.15) is 4.79 Å². The molecule has 0 aliphatic heterocycles. The number of nitrogens with zero attached hydrogens (tertiary/aromatic N) is 3. The van der Waals surface area contributed by atoms with Gasteiger partial charge in [-0.3, -0.25) is 9.59 Å². The van der Waals surface area contributed by atoms with Gasteiger partial charge in [0, 0.05) is 12.1 Å². The van der Waals surface area contributed by atoms with Gasteiger partial charge in [0.15, 0.2) is 0 Å². The predicted octanol–water partition coefficient (Wildman–Crippen LogP) is 1.65. The Morgan fingerprint density at radius 1 is 1.13 bits per heavy atom. The average Bonchev–Trinajstić information content (AvgIpc) is 3.26. The predicted molar refractivity (Wildman–Crippen MR) is 85.6 cm³/mol. The number of amides is 2. The zero-order valence-electron chi connectivity index (χ0n) is 12.0. The third kappa shape index (κ3) is 3.80. The first-order valence-electron chi connectivity index (χ1n) is 6.79. The number of carbonyl (C=O) groups is 2. The Bertz CT molecular complexity index is 782. The number of hydrogen-bond acceptors (Lipinski definition) is 5. The molecule has 7 nitrogen and oxygen atoms in total. The second kappa shape index (κ2) is 6.84.